The number of rotatable bonds is 6. The minimum absolute atomic E-state index is 0.0333. The molecule has 0 amide bonds. The molecule has 31 heavy (non-hydrogen) atoms. The summed E-state index contributed by atoms with van der Waals surface area (Å²) in [6.07, 6.45) is 2.34. The maximum atomic E-state index is 13.2. The van der Waals surface area contributed by atoms with E-state index in [2.05, 4.69) is 14.5 Å². The fraction of sp³-hybridized carbons (Fsp3) is 0.261. The van der Waals surface area contributed by atoms with Gasteiger partial charge in [-0.25, -0.2) is 9.37 Å². The van der Waals surface area contributed by atoms with Crippen LogP contribution < -0.4 is 5.56 Å². The van der Waals surface area contributed by atoms with Crippen LogP contribution in [0.2, 0.25) is 0 Å². The average molecular weight is 454 g/mol. The van der Waals surface area contributed by atoms with E-state index < -0.39 is 0 Å². The number of halogens is 1. The molecule has 4 aromatic rings. The molecule has 0 spiro atoms. The topological polar surface area (TPSA) is 67.8 Å². The summed E-state index contributed by atoms with van der Waals surface area (Å²) in [5, 5.41) is 2.77. The first kappa shape index (κ1) is 20.2. The van der Waals surface area contributed by atoms with Gasteiger partial charge in [-0.05, 0) is 50.5 Å². The van der Waals surface area contributed by atoms with Gasteiger partial charge in [0, 0.05) is 33.9 Å². The number of Topliss-reactive ketones (excluding diaryl/α,β-unsaturated/α-hetero) is 1. The van der Waals surface area contributed by atoms with Crippen molar-refractivity contribution >= 4 is 39.1 Å². The lowest BCUT2D eigenvalue weighted by Crippen LogP contribution is -2.10. The van der Waals surface area contributed by atoms with Crippen LogP contribution in [0.15, 0.2) is 45.7 Å². The number of nitrogens with one attached hydrogen (secondary N) is 1. The molecule has 1 aliphatic carbocycles. The van der Waals surface area contributed by atoms with Crippen molar-refractivity contribution in [3.05, 3.63) is 68.8 Å². The minimum atomic E-state index is -0.323. The van der Waals surface area contributed by atoms with Gasteiger partial charge in [0.25, 0.3) is 5.56 Å². The Morgan fingerprint density at radius 1 is 1.29 bits per heavy atom. The van der Waals surface area contributed by atoms with Crippen LogP contribution in [0.5, 0.6) is 0 Å². The molecule has 5 nitrogen and oxygen atoms in total. The Morgan fingerprint density at radius 3 is 2.74 bits per heavy atom. The van der Waals surface area contributed by atoms with E-state index in [1.54, 1.807) is 12.1 Å². The molecule has 0 bridgehead atoms. The van der Waals surface area contributed by atoms with Crippen molar-refractivity contribution in [2.24, 2.45) is 0 Å². The van der Waals surface area contributed by atoms with E-state index in [0.29, 0.717) is 21.4 Å². The second-order valence-electron chi connectivity index (χ2n) is 7.81. The number of nitrogens with zero attached hydrogens (tertiary/aromatic N) is 2. The third-order valence-electron chi connectivity index (χ3n) is 5.61. The number of hydrogen-bond donors (Lipinski definition) is 1. The Bertz CT molecular complexity index is 1360. The summed E-state index contributed by atoms with van der Waals surface area (Å²) < 4.78 is 15.5. The molecule has 1 fully saturated rings. The number of ketones is 1. The summed E-state index contributed by atoms with van der Waals surface area (Å²) in [4.78, 5) is 33.5. The van der Waals surface area contributed by atoms with E-state index in [1.165, 1.54) is 48.1 Å². The number of aromatic amines is 1. The Labute approximate surface area is 186 Å². The zero-order valence-corrected chi connectivity index (χ0v) is 18.7. The predicted octanol–water partition coefficient (Wildman–Crippen LogP) is 5.52. The molecule has 0 atom stereocenters. The molecule has 0 saturated heterocycles. The van der Waals surface area contributed by atoms with Gasteiger partial charge in [0.15, 0.2) is 10.9 Å². The van der Waals surface area contributed by atoms with Gasteiger partial charge in [0.2, 0.25) is 0 Å². The van der Waals surface area contributed by atoms with Crippen LogP contribution in [-0.2, 0) is 0 Å². The second kappa shape index (κ2) is 7.76. The normalized spacial score (nSPS) is 13.8. The number of fused-ring (bicyclic) bond motifs is 1. The molecule has 1 N–H and O–H groups in total. The molecule has 5 rings (SSSR count). The lowest BCUT2D eigenvalue weighted by molar-refractivity contribution is 0.102. The van der Waals surface area contributed by atoms with E-state index in [-0.39, 0.29) is 22.9 Å². The maximum Gasteiger partial charge on any atom is 0.260 e. The third kappa shape index (κ3) is 3.74. The monoisotopic (exact) mass is 453 g/mol. The number of aromatic nitrogens is 3. The Hall–Kier alpha value is -2.71. The quantitative estimate of drug-likeness (QED) is 0.237. The van der Waals surface area contributed by atoms with Crippen LogP contribution in [0.4, 0.5) is 4.39 Å². The predicted molar refractivity (Wildman–Crippen MR) is 123 cm³/mol. The van der Waals surface area contributed by atoms with Gasteiger partial charge in [-0.15, -0.1) is 11.3 Å². The molecule has 8 heteroatoms. The molecule has 1 aliphatic rings. The first-order valence-corrected chi connectivity index (χ1v) is 11.9. The van der Waals surface area contributed by atoms with Gasteiger partial charge in [0.05, 0.1) is 11.1 Å². The van der Waals surface area contributed by atoms with E-state index >= 15 is 0 Å². The molecular formula is C23H20FN3O2S2. The Kier molecular flexibility index (Phi) is 5.06. The molecule has 0 aliphatic heterocycles. The number of carbonyl (C=O) groups is 1. The van der Waals surface area contributed by atoms with Crippen LogP contribution in [0, 0.1) is 19.7 Å². The zero-order chi connectivity index (χ0) is 21.7. The lowest BCUT2D eigenvalue weighted by atomic mass is 10.1. The number of aryl methyl sites for hydroxylation is 1. The number of thioether (sulfide) groups is 1. The van der Waals surface area contributed by atoms with Crippen LogP contribution in [0.1, 0.15) is 40.6 Å². The molecule has 0 radical (unpaired) electrons. The molecular weight excluding hydrogens is 433 g/mol. The van der Waals surface area contributed by atoms with Gasteiger partial charge in [-0.3, -0.25) is 9.59 Å². The summed E-state index contributed by atoms with van der Waals surface area (Å²) in [7, 11) is 0. The third-order valence-corrected chi connectivity index (χ3v) is 7.36. The summed E-state index contributed by atoms with van der Waals surface area (Å²) in [5.41, 5.74) is 4.12. The van der Waals surface area contributed by atoms with Crippen molar-refractivity contribution in [1.29, 1.82) is 0 Å². The summed E-state index contributed by atoms with van der Waals surface area (Å²) in [6, 6.07) is 8.53. The van der Waals surface area contributed by atoms with E-state index in [1.807, 2.05) is 25.3 Å². The molecule has 0 unspecified atom stereocenters. The first-order chi connectivity index (χ1) is 14.9. The highest BCUT2D eigenvalue weighted by molar-refractivity contribution is 7.99. The van der Waals surface area contributed by atoms with Gasteiger partial charge in [0.1, 0.15) is 10.6 Å². The Balaban J connectivity index is 1.38. The minimum Gasteiger partial charge on any atom is -0.345 e. The van der Waals surface area contributed by atoms with Crippen molar-refractivity contribution in [2.45, 2.75) is 37.9 Å². The van der Waals surface area contributed by atoms with Gasteiger partial charge >= 0.3 is 0 Å². The highest BCUT2D eigenvalue weighted by Crippen LogP contribution is 2.38. The van der Waals surface area contributed by atoms with Crippen molar-refractivity contribution in [1.82, 2.24) is 14.5 Å². The highest BCUT2D eigenvalue weighted by atomic mass is 32.2. The van der Waals surface area contributed by atoms with Crippen LogP contribution >= 0.6 is 23.1 Å². The maximum absolute atomic E-state index is 13.2. The van der Waals surface area contributed by atoms with Crippen LogP contribution in [0.25, 0.3) is 21.3 Å². The largest absolute Gasteiger partial charge is 0.345 e. The average Bonchev–Trinajstić information content (AvgIpc) is 3.40. The van der Waals surface area contributed by atoms with E-state index in [9.17, 15) is 14.0 Å². The van der Waals surface area contributed by atoms with Gasteiger partial charge < -0.3 is 9.55 Å². The van der Waals surface area contributed by atoms with Crippen LogP contribution in [0.3, 0.4) is 0 Å². The first-order valence-electron chi connectivity index (χ1n) is 10.0. The fourth-order valence-corrected chi connectivity index (χ4v) is 5.75. The molecule has 3 aromatic heterocycles. The number of hydrogen-bond acceptors (Lipinski definition) is 5. The zero-order valence-electron chi connectivity index (χ0n) is 17.1. The summed E-state index contributed by atoms with van der Waals surface area (Å²) in [6.45, 7) is 4.04. The summed E-state index contributed by atoms with van der Waals surface area (Å²) in [5.74, 6) is -0.0814. The fourth-order valence-electron chi connectivity index (χ4n) is 4.01. The molecule has 158 valence electrons. The highest BCUT2D eigenvalue weighted by Gasteiger charge is 2.28. The van der Waals surface area contributed by atoms with Crippen molar-refractivity contribution < 1.29 is 9.18 Å². The standard InChI is InChI=1S/C23H20FN3O2S2/c1-12-9-17(13(2)27(12)16-7-8-16)19(28)11-31-23-25-21(29)20-18(10-30-22(20)26-23)14-3-5-15(24)6-4-14/h3-6,9-10,16H,7-8,11H2,1-2H3,(H,25,26,29). The van der Waals surface area contributed by atoms with Crippen molar-refractivity contribution in [3.63, 3.8) is 0 Å². The second-order valence-corrected chi connectivity index (χ2v) is 9.63. The molecule has 1 aromatic carbocycles. The molecule has 3 heterocycles. The number of carbonyl (C=O) groups excluding carboxylic acids is 1. The molecule has 1 saturated carbocycles. The van der Waals surface area contributed by atoms with E-state index in [4.69, 9.17) is 0 Å². The van der Waals surface area contributed by atoms with Crippen molar-refractivity contribution in [3.8, 4) is 11.1 Å². The van der Waals surface area contributed by atoms with Crippen molar-refractivity contribution in [2.75, 3.05) is 5.75 Å². The van der Waals surface area contributed by atoms with Crippen LogP contribution in [-0.4, -0.2) is 26.1 Å². The number of H-pyrrole nitrogens is 1. The van der Waals surface area contributed by atoms with E-state index in [0.717, 1.165) is 28.1 Å². The number of benzene rings is 1. The smallest absolute Gasteiger partial charge is 0.260 e. The van der Waals surface area contributed by atoms with Gasteiger partial charge in [-0.2, -0.15) is 0 Å². The number of thiophene rings is 1. The summed E-state index contributed by atoms with van der Waals surface area (Å²) >= 11 is 2.60. The lowest BCUT2D eigenvalue weighted by Gasteiger charge is -2.07. The van der Waals surface area contributed by atoms with Gasteiger partial charge in [-0.1, -0.05) is 23.9 Å². The Morgan fingerprint density at radius 2 is 2.03 bits per heavy atom. The SMILES string of the molecule is Cc1cc(C(=O)CSc2nc3scc(-c4ccc(F)cc4)c3c(=O)[nH]2)c(C)n1C1CC1.